The highest BCUT2D eigenvalue weighted by Gasteiger charge is 2.30. The molecule has 2 aromatic carbocycles. The minimum atomic E-state index is -1.07. The van der Waals surface area contributed by atoms with Crippen LogP contribution in [0.3, 0.4) is 0 Å². The van der Waals surface area contributed by atoms with Crippen LogP contribution in [0.4, 0.5) is 5.69 Å². The van der Waals surface area contributed by atoms with Gasteiger partial charge in [-0.1, -0.05) is 36.2 Å². The smallest absolute Gasteiger partial charge is 0.250 e. The van der Waals surface area contributed by atoms with Crippen LogP contribution in [-0.4, -0.2) is 37.6 Å². The van der Waals surface area contributed by atoms with Crippen molar-refractivity contribution in [1.29, 1.82) is 0 Å². The summed E-state index contributed by atoms with van der Waals surface area (Å²) in [7, 11) is 1.91. The number of aromatic nitrogens is 3. The third-order valence-electron chi connectivity index (χ3n) is 8.09. The van der Waals surface area contributed by atoms with Gasteiger partial charge in [-0.2, -0.15) is 5.10 Å². The first kappa shape index (κ1) is 29.6. The molecule has 3 N–H and O–H groups in total. The molecule has 4 aromatic rings. The molecule has 1 fully saturated rings. The third-order valence-corrected chi connectivity index (χ3v) is 8.46. The van der Waals surface area contributed by atoms with Crippen molar-refractivity contribution in [3.05, 3.63) is 93.5 Å². The molecule has 1 amide bonds. The van der Waals surface area contributed by atoms with Gasteiger partial charge in [-0.05, 0) is 92.6 Å². The Bertz CT molecular complexity index is 1600. The van der Waals surface area contributed by atoms with E-state index in [9.17, 15) is 14.7 Å². The maximum Gasteiger partial charge on any atom is 0.250 e. The molecule has 1 aliphatic carbocycles. The molecule has 0 bridgehead atoms. The molecule has 2 heterocycles. The number of nitrogens with one attached hydrogen (secondary N) is 2. The molecule has 0 radical (unpaired) electrons. The average Bonchev–Trinajstić information content (AvgIpc) is 3.26. The number of hydrogen-bond acceptors (Lipinski definition) is 5. The molecule has 8 nitrogen and oxygen atoms in total. The number of pyridine rings is 1. The Labute approximate surface area is 251 Å². The van der Waals surface area contributed by atoms with E-state index in [1.165, 1.54) is 0 Å². The van der Waals surface area contributed by atoms with Gasteiger partial charge < -0.3 is 20.3 Å². The number of carbonyl (C=O) groups excluding carboxylic acids is 1. The number of benzene rings is 2. The van der Waals surface area contributed by atoms with Crippen LogP contribution in [0.2, 0.25) is 5.02 Å². The number of amides is 1. The minimum absolute atomic E-state index is 0.0266. The highest BCUT2D eigenvalue weighted by Crippen LogP contribution is 2.29. The summed E-state index contributed by atoms with van der Waals surface area (Å²) in [6.07, 6.45) is 5.69. The highest BCUT2D eigenvalue weighted by molar-refractivity contribution is 6.31. The largest absolute Gasteiger partial charge is 0.372 e. The van der Waals surface area contributed by atoms with Crippen molar-refractivity contribution in [1.82, 2.24) is 19.7 Å². The number of halogens is 1. The van der Waals surface area contributed by atoms with Gasteiger partial charge in [0.25, 0.3) is 5.56 Å². The molecule has 0 spiro atoms. The van der Waals surface area contributed by atoms with Crippen LogP contribution >= 0.6 is 11.6 Å². The van der Waals surface area contributed by atoms with E-state index in [-0.39, 0.29) is 23.4 Å². The first-order valence-electron chi connectivity index (χ1n) is 14.5. The van der Waals surface area contributed by atoms with Gasteiger partial charge in [-0.3, -0.25) is 14.3 Å². The zero-order valence-corrected chi connectivity index (χ0v) is 25.2. The van der Waals surface area contributed by atoms with Crippen molar-refractivity contribution in [3.8, 4) is 22.4 Å². The topological polar surface area (TPSA) is 101 Å². The van der Waals surface area contributed by atoms with E-state index in [0.29, 0.717) is 11.4 Å². The van der Waals surface area contributed by atoms with Crippen LogP contribution < -0.4 is 16.2 Å². The van der Waals surface area contributed by atoms with E-state index in [0.717, 1.165) is 58.5 Å². The van der Waals surface area contributed by atoms with Gasteiger partial charge in [0, 0.05) is 47.5 Å². The van der Waals surface area contributed by atoms with Crippen LogP contribution in [0.5, 0.6) is 0 Å². The van der Waals surface area contributed by atoms with Crippen molar-refractivity contribution in [2.24, 2.45) is 13.0 Å². The number of nitrogens with zero attached hydrogens (tertiary/aromatic N) is 3. The monoisotopic (exact) mass is 587 g/mol. The van der Waals surface area contributed by atoms with E-state index in [4.69, 9.17) is 11.6 Å². The normalized spacial score (nSPS) is 14.8. The van der Waals surface area contributed by atoms with Gasteiger partial charge in [-0.15, -0.1) is 0 Å². The van der Waals surface area contributed by atoms with Crippen LogP contribution in [-0.2, 0) is 18.3 Å². The second-order valence-corrected chi connectivity index (χ2v) is 11.9. The fourth-order valence-electron chi connectivity index (χ4n) is 5.40. The van der Waals surface area contributed by atoms with Crippen LogP contribution in [0, 0.1) is 12.8 Å². The third kappa shape index (κ3) is 6.45. The van der Waals surface area contributed by atoms with E-state index >= 15 is 0 Å². The van der Waals surface area contributed by atoms with Crippen LogP contribution in [0.15, 0.2) is 71.8 Å². The lowest BCUT2D eigenvalue weighted by molar-refractivity contribution is -0.128. The number of aryl methyl sites for hydroxylation is 2. The fraction of sp³-hybridized carbons (Fsp3) is 0.364. The second kappa shape index (κ2) is 12.5. The number of aliphatic hydroxyl groups is 1. The molecule has 1 saturated carbocycles. The fourth-order valence-corrected chi connectivity index (χ4v) is 5.59. The maximum absolute atomic E-state index is 13.0. The number of aliphatic hydroxyl groups excluding tert-OH is 1. The molecule has 0 aliphatic heterocycles. The Kier molecular flexibility index (Phi) is 8.85. The Morgan fingerprint density at radius 1 is 1.07 bits per heavy atom. The Hall–Kier alpha value is -3.88. The van der Waals surface area contributed by atoms with Gasteiger partial charge in [-0.25, -0.2) is 0 Å². The summed E-state index contributed by atoms with van der Waals surface area (Å²) < 4.78 is 3.54. The highest BCUT2D eigenvalue weighted by atomic mass is 35.5. The summed E-state index contributed by atoms with van der Waals surface area (Å²) in [5, 5.41) is 22.5. The van der Waals surface area contributed by atoms with Crippen LogP contribution in [0.25, 0.3) is 22.4 Å². The van der Waals surface area contributed by atoms with E-state index in [2.05, 4.69) is 15.7 Å². The number of carbonyl (C=O) groups is 1. The molecule has 2 aromatic heterocycles. The Balaban J connectivity index is 1.39. The molecule has 5 rings (SSSR count). The van der Waals surface area contributed by atoms with Gasteiger partial charge in [0.1, 0.15) is 6.23 Å². The molecule has 42 heavy (non-hydrogen) atoms. The first-order chi connectivity index (χ1) is 20.1. The van der Waals surface area contributed by atoms with Crippen molar-refractivity contribution in [2.45, 2.75) is 64.8 Å². The van der Waals surface area contributed by atoms with E-state index < -0.39 is 12.3 Å². The van der Waals surface area contributed by atoms with Gasteiger partial charge in [0.05, 0.1) is 17.9 Å². The molecule has 1 unspecified atom stereocenters. The summed E-state index contributed by atoms with van der Waals surface area (Å²) in [4.78, 5) is 25.3. The predicted octanol–water partition coefficient (Wildman–Crippen LogP) is 5.72. The minimum Gasteiger partial charge on any atom is -0.372 e. The molecule has 220 valence electrons. The van der Waals surface area contributed by atoms with Crippen molar-refractivity contribution in [2.75, 3.05) is 5.32 Å². The van der Waals surface area contributed by atoms with Gasteiger partial charge in [0.2, 0.25) is 5.91 Å². The lowest BCUT2D eigenvalue weighted by atomic mass is 9.84. The van der Waals surface area contributed by atoms with Crippen LogP contribution in [0.1, 0.15) is 50.3 Å². The lowest BCUT2D eigenvalue weighted by Gasteiger charge is -2.30. The average molecular weight is 588 g/mol. The Morgan fingerprint density at radius 2 is 1.76 bits per heavy atom. The molecule has 0 saturated heterocycles. The zero-order chi connectivity index (χ0) is 30.0. The molecule has 9 heteroatoms. The first-order valence-corrected chi connectivity index (χ1v) is 14.8. The van der Waals surface area contributed by atoms with E-state index in [1.54, 1.807) is 16.7 Å². The Morgan fingerprint density at radius 3 is 2.38 bits per heavy atom. The summed E-state index contributed by atoms with van der Waals surface area (Å²) >= 11 is 6.65. The maximum atomic E-state index is 13.0. The predicted molar refractivity (Wildman–Crippen MR) is 168 cm³/mol. The quantitative estimate of drug-likeness (QED) is 0.206. The SMILES string of the molecule is Cc1cnn(C)c1-c1ccc(NC(O)[C@H](Cc2cc(-c3ccc(=O)n(C(C)C)c3)ccc2Cl)NC(=O)C2CCC2)cc1. The van der Waals surface area contributed by atoms with Crippen molar-refractivity contribution >= 4 is 23.2 Å². The van der Waals surface area contributed by atoms with Crippen molar-refractivity contribution in [3.63, 3.8) is 0 Å². The zero-order valence-electron chi connectivity index (χ0n) is 24.5. The summed E-state index contributed by atoms with van der Waals surface area (Å²) in [5.74, 6) is -0.0783. The summed E-state index contributed by atoms with van der Waals surface area (Å²) in [6, 6.07) is 16.3. The molecular weight excluding hydrogens is 550 g/mol. The summed E-state index contributed by atoms with van der Waals surface area (Å²) in [5.41, 5.74) is 6.39. The molecular formula is C33H38ClN5O3. The molecule has 1 aliphatic rings. The number of hydrogen-bond donors (Lipinski definition) is 3. The second-order valence-electron chi connectivity index (χ2n) is 11.5. The van der Waals surface area contributed by atoms with Gasteiger partial charge in [0.15, 0.2) is 0 Å². The standard InChI is InChI=1S/C33H38ClN5O3/c1-20(2)39-19-25(11-15-30(39)40)24-10-14-28(34)26(16-24)17-29(37-32(41)23-6-5-7-23)33(42)36-27-12-8-22(9-13-27)31-21(3)18-35-38(31)4/h8-16,18-20,23,29,33,36,42H,5-7,17H2,1-4H3,(H,37,41)/t29-,33?/m0/s1. The van der Waals surface area contributed by atoms with Gasteiger partial charge >= 0.3 is 0 Å². The van der Waals surface area contributed by atoms with E-state index in [1.807, 2.05) is 87.4 Å². The number of rotatable bonds is 10. The van der Waals surface area contributed by atoms with Crippen molar-refractivity contribution < 1.29 is 9.90 Å². The summed E-state index contributed by atoms with van der Waals surface area (Å²) in [6.45, 7) is 5.96. The molecule has 2 atom stereocenters. The number of anilines is 1. The lowest BCUT2D eigenvalue weighted by Crippen LogP contribution is -2.50.